The number of rotatable bonds is 3. The van der Waals surface area contributed by atoms with Gasteiger partial charge in [-0.15, -0.1) is 0 Å². The Labute approximate surface area is 106 Å². The molecule has 0 fully saturated rings. The molecule has 1 aliphatic heterocycles. The van der Waals surface area contributed by atoms with Gasteiger partial charge in [-0.05, 0) is 12.1 Å². The van der Waals surface area contributed by atoms with Gasteiger partial charge < -0.3 is 19.8 Å². The second kappa shape index (κ2) is 4.37. The van der Waals surface area contributed by atoms with Crippen LogP contribution in [0.4, 0.5) is 5.69 Å². The number of benzene rings is 1. The van der Waals surface area contributed by atoms with E-state index in [1.807, 2.05) is 0 Å². The number of amides is 2. The summed E-state index contributed by atoms with van der Waals surface area (Å²) in [5.74, 6) is -4.72. The Morgan fingerprint density at radius 3 is 1.89 bits per heavy atom. The van der Waals surface area contributed by atoms with Crippen LogP contribution in [0.2, 0.25) is 0 Å². The summed E-state index contributed by atoms with van der Waals surface area (Å²) in [6.07, 6.45) is 2.04. The van der Waals surface area contributed by atoms with Crippen LogP contribution in [0.3, 0.4) is 0 Å². The normalized spacial score (nSPS) is 14.0. The fraction of sp³-hybridized carbons (Fsp3) is 0. The highest BCUT2D eigenvalue weighted by atomic mass is 16.4. The van der Waals surface area contributed by atoms with Gasteiger partial charge in [0.1, 0.15) is 0 Å². The molecule has 7 nitrogen and oxygen atoms in total. The molecule has 0 unspecified atom stereocenters. The number of carbonyl (C=O) groups excluding carboxylic acids is 4. The molecule has 96 valence electrons. The third kappa shape index (κ3) is 2.08. The van der Waals surface area contributed by atoms with E-state index < -0.39 is 34.9 Å². The molecule has 0 aromatic heterocycles. The van der Waals surface area contributed by atoms with Crippen LogP contribution in [0.1, 0.15) is 20.7 Å². The molecule has 2 amide bonds. The van der Waals surface area contributed by atoms with Crippen molar-refractivity contribution < 1.29 is 29.4 Å². The highest BCUT2D eigenvalue weighted by molar-refractivity contribution is 6.28. The van der Waals surface area contributed by atoms with E-state index in [-0.39, 0.29) is 5.69 Å². The average Bonchev–Trinajstić information content (AvgIpc) is 2.68. The van der Waals surface area contributed by atoms with Crippen molar-refractivity contribution >= 4 is 29.4 Å². The van der Waals surface area contributed by atoms with Crippen LogP contribution in [-0.2, 0) is 9.59 Å². The predicted octanol–water partition coefficient (Wildman–Crippen LogP) is -2.16. The maximum atomic E-state index is 11.4. The van der Waals surface area contributed by atoms with Gasteiger partial charge in [0.05, 0.1) is 17.6 Å². The number of carboxylic acids is 2. The Morgan fingerprint density at radius 1 is 0.895 bits per heavy atom. The zero-order valence-corrected chi connectivity index (χ0v) is 9.28. The average molecular weight is 259 g/mol. The number of imide groups is 1. The smallest absolute Gasteiger partial charge is 0.258 e. The van der Waals surface area contributed by atoms with E-state index in [1.165, 1.54) is 0 Å². The molecule has 1 heterocycles. The van der Waals surface area contributed by atoms with Crippen molar-refractivity contribution in [2.45, 2.75) is 0 Å². The van der Waals surface area contributed by atoms with E-state index in [0.717, 1.165) is 30.4 Å². The zero-order chi connectivity index (χ0) is 14.2. The van der Waals surface area contributed by atoms with Crippen molar-refractivity contribution in [1.29, 1.82) is 0 Å². The summed E-state index contributed by atoms with van der Waals surface area (Å²) in [5.41, 5.74) is -1.30. The van der Waals surface area contributed by atoms with Crippen molar-refractivity contribution in [2.24, 2.45) is 0 Å². The molecule has 1 aromatic carbocycles. The Morgan fingerprint density at radius 2 is 1.42 bits per heavy atom. The van der Waals surface area contributed by atoms with Gasteiger partial charge in [-0.1, -0.05) is 6.07 Å². The lowest BCUT2D eigenvalue weighted by Gasteiger charge is -2.18. The van der Waals surface area contributed by atoms with Gasteiger partial charge in [-0.25, -0.2) is 4.90 Å². The zero-order valence-electron chi connectivity index (χ0n) is 9.28. The third-order valence-corrected chi connectivity index (χ3v) is 2.51. The number of aromatic carboxylic acids is 2. The fourth-order valence-corrected chi connectivity index (χ4v) is 1.67. The van der Waals surface area contributed by atoms with Gasteiger partial charge in [0.15, 0.2) is 0 Å². The Balaban J connectivity index is 2.53. The van der Waals surface area contributed by atoms with Crippen LogP contribution in [0.5, 0.6) is 0 Å². The van der Waals surface area contributed by atoms with Gasteiger partial charge >= 0.3 is 0 Å². The lowest BCUT2D eigenvalue weighted by molar-refractivity contribution is -0.259. The molecule has 0 aliphatic carbocycles. The molecule has 0 spiro atoms. The van der Waals surface area contributed by atoms with Crippen molar-refractivity contribution in [1.82, 2.24) is 0 Å². The number of carbonyl (C=O) groups is 4. The maximum Gasteiger partial charge on any atom is 0.258 e. The Hall–Kier alpha value is -2.96. The van der Waals surface area contributed by atoms with Crippen LogP contribution in [-0.4, -0.2) is 23.8 Å². The fourth-order valence-electron chi connectivity index (χ4n) is 1.67. The molecule has 0 bridgehead atoms. The summed E-state index contributed by atoms with van der Waals surface area (Å²) in [7, 11) is 0. The van der Waals surface area contributed by atoms with Crippen LogP contribution < -0.4 is 15.1 Å². The van der Waals surface area contributed by atoms with Crippen molar-refractivity contribution in [2.75, 3.05) is 4.90 Å². The highest BCUT2D eigenvalue weighted by Gasteiger charge is 2.25. The van der Waals surface area contributed by atoms with Crippen molar-refractivity contribution in [3.8, 4) is 0 Å². The van der Waals surface area contributed by atoms with Crippen LogP contribution in [0.15, 0.2) is 30.4 Å². The van der Waals surface area contributed by atoms with Crippen LogP contribution >= 0.6 is 0 Å². The van der Waals surface area contributed by atoms with E-state index in [1.54, 1.807) is 0 Å². The molecule has 19 heavy (non-hydrogen) atoms. The summed E-state index contributed by atoms with van der Waals surface area (Å²) in [4.78, 5) is 45.1. The van der Waals surface area contributed by atoms with Gasteiger partial charge in [0.2, 0.25) is 0 Å². The topological polar surface area (TPSA) is 118 Å². The quantitative estimate of drug-likeness (QED) is 0.571. The standard InChI is InChI=1S/C12H7NO6/c14-9-3-4-10(15)13(9)6-1-2-7(11(16)17)8(5-6)12(18)19/h1-5H,(H,16,17)(H,18,19)/p-2. The molecule has 0 saturated heterocycles. The molecule has 1 aliphatic rings. The van der Waals surface area contributed by atoms with Crippen molar-refractivity contribution in [3.05, 3.63) is 41.5 Å². The first-order chi connectivity index (χ1) is 8.91. The Bertz CT molecular complexity index is 628. The number of hydrogen-bond acceptors (Lipinski definition) is 6. The SMILES string of the molecule is O=C([O-])c1ccc(N2C(=O)C=CC2=O)cc1C(=O)[O-]. The van der Waals surface area contributed by atoms with Gasteiger partial charge in [-0.2, -0.15) is 0 Å². The monoisotopic (exact) mass is 259 g/mol. The summed E-state index contributed by atoms with van der Waals surface area (Å²) in [6, 6.07) is 2.96. The maximum absolute atomic E-state index is 11.4. The van der Waals surface area contributed by atoms with Gasteiger partial charge in [-0.3, -0.25) is 9.59 Å². The number of nitrogens with zero attached hydrogens (tertiary/aromatic N) is 1. The molecule has 0 saturated carbocycles. The lowest BCUT2D eigenvalue weighted by Crippen LogP contribution is -2.32. The van der Waals surface area contributed by atoms with Gasteiger partial charge in [0.25, 0.3) is 11.8 Å². The summed E-state index contributed by atoms with van der Waals surface area (Å²) in [5, 5.41) is 21.6. The highest BCUT2D eigenvalue weighted by Crippen LogP contribution is 2.22. The largest absolute Gasteiger partial charge is 0.545 e. The minimum absolute atomic E-state index is 0.0517. The summed E-state index contributed by atoms with van der Waals surface area (Å²) >= 11 is 0. The first-order valence-corrected chi connectivity index (χ1v) is 5.04. The van der Waals surface area contributed by atoms with Crippen LogP contribution in [0.25, 0.3) is 0 Å². The second-order valence-electron chi connectivity index (χ2n) is 3.65. The Kier molecular flexibility index (Phi) is 2.88. The van der Waals surface area contributed by atoms with E-state index >= 15 is 0 Å². The number of carboxylic acid groups (broad SMARTS) is 2. The summed E-state index contributed by atoms with van der Waals surface area (Å²) < 4.78 is 0. The lowest BCUT2D eigenvalue weighted by atomic mass is 10.1. The van der Waals surface area contributed by atoms with E-state index in [2.05, 4.69) is 0 Å². The molecule has 7 heteroatoms. The predicted molar refractivity (Wildman–Crippen MR) is 56.7 cm³/mol. The first-order valence-electron chi connectivity index (χ1n) is 5.04. The first kappa shape index (κ1) is 12.5. The molecule has 0 N–H and O–H groups in total. The van der Waals surface area contributed by atoms with Gasteiger partial charge in [0, 0.05) is 23.3 Å². The van der Waals surface area contributed by atoms with Crippen LogP contribution in [0, 0.1) is 0 Å². The molecule has 1 aromatic rings. The van der Waals surface area contributed by atoms with E-state index in [0.29, 0.717) is 4.90 Å². The minimum atomic E-state index is -1.74. The second-order valence-corrected chi connectivity index (χ2v) is 3.65. The molecule has 0 atom stereocenters. The molecule has 2 rings (SSSR count). The molecular weight excluding hydrogens is 254 g/mol. The van der Waals surface area contributed by atoms with E-state index in [9.17, 15) is 29.4 Å². The third-order valence-electron chi connectivity index (χ3n) is 2.51. The number of anilines is 1. The summed E-state index contributed by atoms with van der Waals surface area (Å²) in [6.45, 7) is 0. The minimum Gasteiger partial charge on any atom is -0.545 e. The molecule has 0 radical (unpaired) electrons. The molecular formula is C12H5NO6-2. The van der Waals surface area contributed by atoms with E-state index in [4.69, 9.17) is 0 Å². The van der Waals surface area contributed by atoms with Crippen molar-refractivity contribution in [3.63, 3.8) is 0 Å². The number of hydrogen-bond donors (Lipinski definition) is 0.